The van der Waals surface area contributed by atoms with E-state index in [1.54, 1.807) is 25.3 Å². The van der Waals surface area contributed by atoms with Gasteiger partial charge in [-0.25, -0.2) is 4.79 Å². The van der Waals surface area contributed by atoms with Gasteiger partial charge in [0.05, 0.1) is 13.7 Å². The van der Waals surface area contributed by atoms with E-state index < -0.39 is 0 Å². The van der Waals surface area contributed by atoms with Crippen molar-refractivity contribution in [2.75, 3.05) is 32.1 Å². The number of para-hydroxylation sites is 1. The zero-order chi connectivity index (χ0) is 21.3. The second kappa shape index (κ2) is 10.8. The van der Waals surface area contributed by atoms with E-state index in [2.05, 4.69) is 20.9 Å². The summed E-state index contributed by atoms with van der Waals surface area (Å²) in [5.74, 6) is 0.655. The standard InChI is InChI=1S/C22H27ClN4O3/c1-30-20-8-7-17(23)13-16(20)14-24-22(29)26-19-9-11-27(12-10-19)15-21(28)25-18-5-3-2-4-6-18/h2-8,13,19H,9-12,14-15H2,1H3,(H,25,28)(H2,24,26,29). The van der Waals surface area contributed by atoms with Gasteiger partial charge in [0.25, 0.3) is 0 Å². The Morgan fingerprint density at radius 1 is 1.13 bits per heavy atom. The molecule has 3 amide bonds. The lowest BCUT2D eigenvalue weighted by Gasteiger charge is -2.31. The van der Waals surface area contributed by atoms with E-state index in [-0.39, 0.29) is 18.0 Å². The zero-order valence-corrected chi connectivity index (χ0v) is 17.7. The van der Waals surface area contributed by atoms with Crippen LogP contribution in [0, 0.1) is 0 Å². The number of piperidine rings is 1. The Morgan fingerprint density at radius 3 is 2.57 bits per heavy atom. The lowest BCUT2D eigenvalue weighted by molar-refractivity contribution is -0.117. The summed E-state index contributed by atoms with van der Waals surface area (Å²) in [6.45, 7) is 2.20. The molecular weight excluding hydrogens is 404 g/mol. The number of hydrogen-bond donors (Lipinski definition) is 3. The Morgan fingerprint density at radius 2 is 1.87 bits per heavy atom. The number of benzene rings is 2. The summed E-state index contributed by atoms with van der Waals surface area (Å²) in [7, 11) is 1.58. The number of ether oxygens (including phenoxy) is 1. The average Bonchev–Trinajstić information content (AvgIpc) is 2.74. The first kappa shape index (κ1) is 21.9. The summed E-state index contributed by atoms with van der Waals surface area (Å²) in [6, 6.07) is 14.6. The van der Waals surface area contributed by atoms with Crippen LogP contribution in [0.4, 0.5) is 10.5 Å². The third-order valence-corrected chi connectivity index (χ3v) is 5.26. The Hall–Kier alpha value is -2.77. The van der Waals surface area contributed by atoms with Crippen LogP contribution >= 0.6 is 11.6 Å². The van der Waals surface area contributed by atoms with Gasteiger partial charge in [-0.3, -0.25) is 9.69 Å². The summed E-state index contributed by atoms with van der Waals surface area (Å²) >= 11 is 6.02. The van der Waals surface area contributed by atoms with Crippen LogP contribution in [0.15, 0.2) is 48.5 Å². The van der Waals surface area contributed by atoms with Crippen LogP contribution in [0.25, 0.3) is 0 Å². The Bertz CT molecular complexity index is 855. The zero-order valence-electron chi connectivity index (χ0n) is 17.0. The van der Waals surface area contributed by atoms with Gasteiger partial charge >= 0.3 is 6.03 Å². The number of amides is 3. The number of anilines is 1. The highest BCUT2D eigenvalue weighted by atomic mass is 35.5. The van der Waals surface area contributed by atoms with E-state index >= 15 is 0 Å². The fourth-order valence-corrected chi connectivity index (χ4v) is 3.65. The molecule has 30 heavy (non-hydrogen) atoms. The van der Waals surface area contributed by atoms with Gasteiger partial charge in [-0.05, 0) is 43.2 Å². The number of rotatable bonds is 7. The molecule has 0 saturated carbocycles. The number of halogens is 1. The number of urea groups is 1. The van der Waals surface area contributed by atoms with Gasteiger partial charge in [0, 0.05) is 41.9 Å². The summed E-state index contributed by atoms with van der Waals surface area (Å²) in [5.41, 5.74) is 1.62. The molecule has 7 nitrogen and oxygen atoms in total. The fourth-order valence-electron chi connectivity index (χ4n) is 3.46. The summed E-state index contributed by atoms with van der Waals surface area (Å²) < 4.78 is 5.29. The predicted molar refractivity (Wildman–Crippen MR) is 118 cm³/mol. The molecule has 1 heterocycles. The van der Waals surface area contributed by atoms with Gasteiger partial charge in [0.15, 0.2) is 0 Å². The summed E-state index contributed by atoms with van der Waals surface area (Å²) in [5, 5.41) is 9.35. The van der Waals surface area contributed by atoms with Crippen molar-refractivity contribution in [3.63, 3.8) is 0 Å². The molecule has 0 spiro atoms. The largest absolute Gasteiger partial charge is 0.496 e. The van der Waals surface area contributed by atoms with Crippen molar-refractivity contribution in [3.05, 3.63) is 59.1 Å². The molecule has 0 aromatic heterocycles. The first-order chi connectivity index (χ1) is 14.5. The molecule has 0 aliphatic carbocycles. The second-order valence-corrected chi connectivity index (χ2v) is 7.68. The molecule has 0 atom stereocenters. The first-order valence-electron chi connectivity index (χ1n) is 9.97. The van der Waals surface area contributed by atoms with Crippen molar-refractivity contribution >= 4 is 29.2 Å². The van der Waals surface area contributed by atoms with Crippen LogP contribution < -0.4 is 20.7 Å². The van der Waals surface area contributed by atoms with Gasteiger partial charge in [0.1, 0.15) is 5.75 Å². The van der Waals surface area contributed by atoms with Gasteiger partial charge < -0.3 is 20.7 Å². The van der Waals surface area contributed by atoms with E-state index in [1.807, 2.05) is 30.3 Å². The first-order valence-corrected chi connectivity index (χ1v) is 10.4. The predicted octanol–water partition coefficient (Wildman–Crippen LogP) is 3.25. The summed E-state index contributed by atoms with van der Waals surface area (Å²) in [4.78, 5) is 26.5. The van der Waals surface area contributed by atoms with E-state index in [9.17, 15) is 9.59 Å². The molecule has 1 aliphatic heterocycles. The number of methoxy groups -OCH3 is 1. The van der Waals surface area contributed by atoms with Crippen LogP contribution in [-0.2, 0) is 11.3 Å². The van der Waals surface area contributed by atoms with Gasteiger partial charge in [0.2, 0.25) is 5.91 Å². The molecule has 2 aromatic rings. The number of carbonyl (C=O) groups excluding carboxylic acids is 2. The van der Waals surface area contributed by atoms with Crippen molar-refractivity contribution in [2.24, 2.45) is 0 Å². The average molecular weight is 431 g/mol. The molecule has 1 aliphatic rings. The van der Waals surface area contributed by atoms with Gasteiger partial charge in [-0.2, -0.15) is 0 Å². The van der Waals surface area contributed by atoms with E-state index in [0.717, 1.165) is 37.2 Å². The smallest absolute Gasteiger partial charge is 0.315 e. The molecular formula is C22H27ClN4O3. The van der Waals surface area contributed by atoms with E-state index in [4.69, 9.17) is 16.3 Å². The molecule has 160 valence electrons. The van der Waals surface area contributed by atoms with Crippen molar-refractivity contribution in [1.29, 1.82) is 0 Å². The number of carbonyl (C=O) groups is 2. The maximum absolute atomic E-state index is 12.3. The number of hydrogen-bond acceptors (Lipinski definition) is 4. The minimum absolute atomic E-state index is 0.0270. The minimum Gasteiger partial charge on any atom is -0.496 e. The van der Waals surface area contributed by atoms with Crippen LogP contribution in [0.3, 0.4) is 0 Å². The monoisotopic (exact) mass is 430 g/mol. The van der Waals surface area contributed by atoms with Crippen molar-refractivity contribution in [1.82, 2.24) is 15.5 Å². The second-order valence-electron chi connectivity index (χ2n) is 7.25. The van der Waals surface area contributed by atoms with Crippen LogP contribution in [0.2, 0.25) is 5.02 Å². The van der Waals surface area contributed by atoms with Crippen LogP contribution in [-0.4, -0.2) is 49.6 Å². The minimum atomic E-state index is -0.225. The van der Waals surface area contributed by atoms with Crippen molar-refractivity contribution < 1.29 is 14.3 Å². The molecule has 0 radical (unpaired) electrons. The number of nitrogens with one attached hydrogen (secondary N) is 3. The molecule has 0 bridgehead atoms. The van der Waals surface area contributed by atoms with Crippen molar-refractivity contribution in [3.8, 4) is 5.75 Å². The SMILES string of the molecule is COc1ccc(Cl)cc1CNC(=O)NC1CCN(CC(=O)Nc2ccccc2)CC1. The molecule has 8 heteroatoms. The van der Waals surface area contributed by atoms with Crippen LogP contribution in [0.1, 0.15) is 18.4 Å². The van der Waals surface area contributed by atoms with Crippen molar-refractivity contribution in [2.45, 2.75) is 25.4 Å². The lowest BCUT2D eigenvalue weighted by atomic mass is 10.1. The molecule has 1 fully saturated rings. The molecule has 1 saturated heterocycles. The topological polar surface area (TPSA) is 82.7 Å². The Balaban J connectivity index is 1.37. The molecule has 3 rings (SSSR count). The third-order valence-electron chi connectivity index (χ3n) is 5.03. The number of likely N-dealkylation sites (tertiary alicyclic amines) is 1. The highest BCUT2D eigenvalue weighted by Gasteiger charge is 2.22. The highest BCUT2D eigenvalue weighted by Crippen LogP contribution is 2.22. The van der Waals surface area contributed by atoms with Crippen LogP contribution in [0.5, 0.6) is 5.75 Å². The van der Waals surface area contributed by atoms with E-state index in [1.165, 1.54) is 0 Å². The molecule has 0 unspecified atom stereocenters. The van der Waals surface area contributed by atoms with Gasteiger partial charge in [-0.15, -0.1) is 0 Å². The quantitative estimate of drug-likeness (QED) is 0.629. The van der Waals surface area contributed by atoms with E-state index in [0.29, 0.717) is 23.9 Å². The lowest BCUT2D eigenvalue weighted by Crippen LogP contribution is -2.48. The fraction of sp³-hybridized carbons (Fsp3) is 0.364. The maximum Gasteiger partial charge on any atom is 0.315 e. The molecule has 3 N–H and O–H groups in total. The highest BCUT2D eigenvalue weighted by molar-refractivity contribution is 6.30. The number of nitrogens with zero attached hydrogens (tertiary/aromatic N) is 1. The molecule has 2 aromatic carbocycles. The Kier molecular flexibility index (Phi) is 7.93. The maximum atomic E-state index is 12.3. The third kappa shape index (κ3) is 6.64. The summed E-state index contributed by atoms with van der Waals surface area (Å²) in [6.07, 6.45) is 1.60. The van der Waals surface area contributed by atoms with Gasteiger partial charge in [-0.1, -0.05) is 29.8 Å². The Labute approximate surface area is 181 Å². The normalized spacial score (nSPS) is 14.7.